The summed E-state index contributed by atoms with van der Waals surface area (Å²) in [4.78, 5) is 25.5. The van der Waals surface area contributed by atoms with Crippen molar-refractivity contribution in [1.29, 1.82) is 0 Å². The summed E-state index contributed by atoms with van der Waals surface area (Å²) >= 11 is 0. The first kappa shape index (κ1) is 20.3. The van der Waals surface area contributed by atoms with Gasteiger partial charge in [0.15, 0.2) is 0 Å². The van der Waals surface area contributed by atoms with E-state index in [-0.39, 0.29) is 11.3 Å². The fraction of sp³-hybridized carbons (Fsp3) is 0.435. The number of para-hydroxylation sites is 1. The van der Waals surface area contributed by atoms with Crippen molar-refractivity contribution >= 4 is 17.3 Å². The molecule has 0 spiro atoms. The Bertz CT molecular complexity index is 888. The molecule has 4 rings (SSSR count). The molecule has 2 fully saturated rings. The molecule has 1 saturated heterocycles. The third-order valence-corrected chi connectivity index (χ3v) is 6.15. The van der Waals surface area contributed by atoms with Crippen LogP contribution in [0.4, 0.5) is 11.4 Å². The number of carbonyl (C=O) groups is 1. The quantitative estimate of drug-likeness (QED) is 0.398. The van der Waals surface area contributed by atoms with Crippen LogP contribution in [0.2, 0.25) is 0 Å². The van der Waals surface area contributed by atoms with Crippen LogP contribution in [0.3, 0.4) is 0 Å². The van der Waals surface area contributed by atoms with E-state index in [0.717, 1.165) is 30.6 Å². The Morgan fingerprint density at radius 3 is 2.50 bits per heavy atom. The summed E-state index contributed by atoms with van der Waals surface area (Å²) in [6.45, 7) is 4.24. The predicted octanol–water partition coefficient (Wildman–Crippen LogP) is 4.35. The van der Waals surface area contributed by atoms with Crippen molar-refractivity contribution in [2.45, 2.75) is 25.7 Å². The minimum Gasteiger partial charge on any atom is -0.494 e. The smallest absolute Gasteiger partial charge is 0.282 e. The number of likely N-dealkylation sites (tertiary alicyclic amines) is 1. The highest BCUT2D eigenvalue weighted by atomic mass is 16.6. The van der Waals surface area contributed by atoms with Gasteiger partial charge in [0.25, 0.3) is 11.6 Å². The fourth-order valence-electron chi connectivity index (χ4n) is 4.65. The molecule has 1 heterocycles. The van der Waals surface area contributed by atoms with Crippen LogP contribution in [0.25, 0.3) is 0 Å². The van der Waals surface area contributed by atoms with Crippen molar-refractivity contribution in [2.24, 2.45) is 11.8 Å². The summed E-state index contributed by atoms with van der Waals surface area (Å²) in [6.07, 6.45) is 5.21. The van der Waals surface area contributed by atoms with Crippen LogP contribution in [0.5, 0.6) is 5.75 Å². The van der Waals surface area contributed by atoms with E-state index in [0.29, 0.717) is 12.3 Å². The molecule has 1 aliphatic heterocycles. The van der Waals surface area contributed by atoms with Gasteiger partial charge in [-0.25, -0.2) is 0 Å². The van der Waals surface area contributed by atoms with Crippen LogP contribution in [0.1, 0.15) is 36.0 Å². The number of fused-ring (bicyclic) bond motifs is 1. The number of nitrogens with zero attached hydrogens (tertiary/aromatic N) is 2. The highest BCUT2D eigenvalue weighted by Gasteiger charge is 2.35. The molecule has 30 heavy (non-hydrogen) atoms. The van der Waals surface area contributed by atoms with Crippen molar-refractivity contribution in [3.05, 3.63) is 64.2 Å². The number of rotatable bonds is 8. The first-order valence-corrected chi connectivity index (χ1v) is 10.6. The lowest BCUT2D eigenvalue weighted by molar-refractivity contribution is -0.385. The average molecular weight is 409 g/mol. The molecule has 0 bridgehead atoms. The highest BCUT2D eigenvalue weighted by Crippen LogP contribution is 2.37. The van der Waals surface area contributed by atoms with Gasteiger partial charge in [0.1, 0.15) is 11.3 Å². The number of benzene rings is 2. The zero-order valence-corrected chi connectivity index (χ0v) is 17.0. The molecule has 1 saturated carbocycles. The summed E-state index contributed by atoms with van der Waals surface area (Å²) in [5, 5.41) is 13.8. The molecule has 2 aromatic carbocycles. The van der Waals surface area contributed by atoms with E-state index in [9.17, 15) is 14.9 Å². The Balaban J connectivity index is 1.22. The van der Waals surface area contributed by atoms with E-state index in [1.807, 2.05) is 0 Å². The lowest BCUT2D eigenvalue weighted by Crippen LogP contribution is -2.24. The summed E-state index contributed by atoms with van der Waals surface area (Å²) in [7, 11) is 0. The van der Waals surface area contributed by atoms with Crippen LogP contribution >= 0.6 is 0 Å². The molecule has 1 N–H and O–H groups in total. The molecule has 7 nitrogen and oxygen atoms in total. The van der Waals surface area contributed by atoms with Gasteiger partial charge in [0, 0.05) is 31.4 Å². The number of carbonyl (C=O) groups excluding carboxylic acids is 1. The summed E-state index contributed by atoms with van der Waals surface area (Å²) in [5.74, 6) is 2.08. The fourth-order valence-corrected chi connectivity index (χ4v) is 4.65. The lowest BCUT2D eigenvalue weighted by atomic mass is 10.0. The Hall–Kier alpha value is -2.93. The second-order valence-electron chi connectivity index (χ2n) is 8.17. The molecule has 1 aliphatic carbocycles. The second-order valence-corrected chi connectivity index (χ2v) is 8.17. The van der Waals surface area contributed by atoms with Gasteiger partial charge in [0.05, 0.1) is 11.5 Å². The second kappa shape index (κ2) is 9.26. The van der Waals surface area contributed by atoms with E-state index >= 15 is 0 Å². The minimum atomic E-state index is -0.555. The van der Waals surface area contributed by atoms with Gasteiger partial charge in [-0.05, 0) is 61.4 Å². The van der Waals surface area contributed by atoms with Crippen molar-refractivity contribution in [2.75, 3.05) is 31.6 Å². The average Bonchev–Trinajstić information content (AvgIpc) is 3.34. The van der Waals surface area contributed by atoms with E-state index in [1.54, 1.807) is 30.3 Å². The number of nitrogens with one attached hydrogen (secondary N) is 1. The Kier molecular flexibility index (Phi) is 6.28. The van der Waals surface area contributed by atoms with E-state index in [1.165, 1.54) is 50.6 Å². The van der Waals surface area contributed by atoms with E-state index < -0.39 is 10.8 Å². The van der Waals surface area contributed by atoms with Crippen LogP contribution in [-0.4, -0.2) is 42.0 Å². The molecule has 158 valence electrons. The number of hydrogen-bond donors (Lipinski definition) is 1. The molecule has 2 aliphatic rings. The zero-order valence-electron chi connectivity index (χ0n) is 17.0. The van der Waals surface area contributed by atoms with Gasteiger partial charge < -0.3 is 15.0 Å². The van der Waals surface area contributed by atoms with Crippen LogP contribution in [0.15, 0.2) is 48.5 Å². The number of anilines is 1. The van der Waals surface area contributed by atoms with Gasteiger partial charge >= 0.3 is 0 Å². The molecule has 0 aromatic heterocycles. The maximum absolute atomic E-state index is 12.4. The van der Waals surface area contributed by atoms with Gasteiger partial charge in [0.2, 0.25) is 0 Å². The highest BCUT2D eigenvalue weighted by molar-refractivity contribution is 6.07. The number of hydrogen-bond acceptors (Lipinski definition) is 5. The zero-order chi connectivity index (χ0) is 20.9. The van der Waals surface area contributed by atoms with Crippen molar-refractivity contribution in [3.63, 3.8) is 0 Å². The Morgan fingerprint density at radius 1 is 1.10 bits per heavy atom. The lowest BCUT2D eigenvalue weighted by Gasteiger charge is -2.16. The Morgan fingerprint density at radius 2 is 1.80 bits per heavy atom. The molecule has 0 radical (unpaired) electrons. The third-order valence-electron chi connectivity index (χ3n) is 6.15. The molecule has 2 atom stereocenters. The van der Waals surface area contributed by atoms with Gasteiger partial charge in [-0.15, -0.1) is 0 Å². The maximum Gasteiger partial charge on any atom is 0.282 e. The van der Waals surface area contributed by atoms with Crippen LogP contribution < -0.4 is 10.1 Å². The minimum absolute atomic E-state index is 0.0360. The number of nitro benzene ring substituents is 1. The number of ether oxygens (including phenoxy) is 1. The van der Waals surface area contributed by atoms with Crippen molar-refractivity contribution in [1.82, 2.24) is 4.90 Å². The molecule has 7 heteroatoms. The normalized spacial score (nSPS) is 20.7. The molecule has 1 amide bonds. The first-order valence-electron chi connectivity index (χ1n) is 10.6. The van der Waals surface area contributed by atoms with Gasteiger partial charge in [-0.2, -0.15) is 0 Å². The van der Waals surface area contributed by atoms with Gasteiger partial charge in [-0.1, -0.05) is 18.6 Å². The molecular weight excluding hydrogens is 382 g/mol. The van der Waals surface area contributed by atoms with Crippen molar-refractivity contribution < 1.29 is 14.5 Å². The summed E-state index contributed by atoms with van der Waals surface area (Å²) in [5.41, 5.74) is 0.388. The van der Waals surface area contributed by atoms with Gasteiger partial charge in [-0.3, -0.25) is 14.9 Å². The standard InChI is InChI=1S/C23H27N3O4/c27-23(21-7-1-2-8-22(21)26(28)29)24-19-9-11-20(12-10-19)30-14-4-13-25-15-17-5-3-6-18(17)16-25/h1-2,7-12,17-18H,3-6,13-16H2,(H,24,27). The maximum atomic E-state index is 12.4. The third kappa shape index (κ3) is 4.79. The Labute approximate surface area is 176 Å². The molecule has 2 unspecified atom stereocenters. The first-order chi connectivity index (χ1) is 14.6. The largest absolute Gasteiger partial charge is 0.494 e. The van der Waals surface area contributed by atoms with Crippen molar-refractivity contribution in [3.8, 4) is 5.75 Å². The monoisotopic (exact) mass is 409 g/mol. The molecular formula is C23H27N3O4. The van der Waals surface area contributed by atoms with Crippen LogP contribution in [0, 0.1) is 22.0 Å². The topological polar surface area (TPSA) is 84.7 Å². The van der Waals surface area contributed by atoms with E-state index in [4.69, 9.17) is 4.74 Å². The number of nitro groups is 1. The van der Waals surface area contributed by atoms with Crippen LogP contribution in [-0.2, 0) is 0 Å². The number of amides is 1. The summed E-state index contributed by atoms with van der Waals surface area (Å²) in [6, 6.07) is 13.0. The summed E-state index contributed by atoms with van der Waals surface area (Å²) < 4.78 is 5.83. The predicted molar refractivity (Wildman–Crippen MR) is 115 cm³/mol. The SMILES string of the molecule is O=C(Nc1ccc(OCCCN2CC3CCCC3C2)cc1)c1ccccc1[N+](=O)[O-]. The van der Waals surface area contributed by atoms with E-state index in [2.05, 4.69) is 10.2 Å². The molecule has 2 aromatic rings.